The molecule has 0 atom stereocenters. The van der Waals surface area contributed by atoms with Crippen molar-refractivity contribution in [2.45, 2.75) is 19.3 Å². The number of hydrogen-bond acceptors (Lipinski definition) is 6. The lowest BCUT2D eigenvalue weighted by atomic mass is 10.1. The van der Waals surface area contributed by atoms with Gasteiger partial charge >= 0.3 is 0 Å². The molecule has 6 nitrogen and oxygen atoms in total. The highest BCUT2D eigenvalue weighted by Crippen LogP contribution is 2.21. The van der Waals surface area contributed by atoms with E-state index in [2.05, 4.69) is 26.5 Å². The standard InChI is InChI=1S/C20H22N4O2/c1-26-20-10-9-15(24-19(20)14-23-25)6-4-5-12-21-18-11-13-22-17-8-3-2-7-16(17)18/h2-3,7-11,13-14,25H,4-6,12H2,1H3,(H,21,22). The Balaban J connectivity index is 1.52. The van der Waals surface area contributed by atoms with Crippen molar-refractivity contribution in [3.8, 4) is 5.75 Å². The third-order valence-corrected chi connectivity index (χ3v) is 4.17. The Hall–Kier alpha value is -3.15. The molecule has 0 spiro atoms. The van der Waals surface area contributed by atoms with Crippen molar-refractivity contribution in [2.75, 3.05) is 19.0 Å². The minimum absolute atomic E-state index is 0.536. The molecule has 0 aliphatic heterocycles. The molecule has 0 saturated heterocycles. The minimum atomic E-state index is 0.536. The van der Waals surface area contributed by atoms with E-state index in [0.717, 1.165) is 48.1 Å². The van der Waals surface area contributed by atoms with Crippen LogP contribution in [-0.2, 0) is 6.42 Å². The molecule has 0 saturated carbocycles. The summed E-state index contributed by atoms with van der Waals surface area (Å²) in [7, 11) is 1.57. The molecule has 3 aromatic rings. The van der Waals surface area contributed by atoms with Gasteiger partial charge in [-0.3, -0.25) is 4.98 Å². The number of anilines is 1. The molecular weight excluding hydrogens is 328 g/mol. The van der Waals surface area contributed by atoms with Gasteiger partial charge < -0.3 is 15.3 Å². The van der Waals surface area contributed by atoms with E-state index >= 15 is 0 Å². The lowest BCUT2D eigenvalue weighted by molar-refractivity contribution is 0.321. The fourth-order valence-electron chi connectivity index (χ4n) is 2.87. The van der Waals surface area contributed by atoms with Crippen LogP contribution in [0.2, 0.25) is 0 Å². The number of rotatable bonds is 8. The summed E-state index contributed by atoms with van der Waals surface area (Å²) in [6, 6.07) is 13.9. The van der Waals surface area contributed by atoms with Gasteiger partial charge in [-0.25, -0.2) is 4.98 Å². The summed E-state index contributed by atoms with van der Waals surface area (Å²) >= 11 is 0. The zero-order chi connectivity index (χ0) is 18.2. The molecule has 1 aromatic carbocycles. The van der Waals surface area contributed by atoms with Gasteiger partial charge in [0.15, 0.2) is 0 Å². The monoisotopic (exact) mass is 350 g/mol. The van der Waals surface area contributed by atoms with Gasteiger partial charge in [0, 0.05) is 29.5 Å². The fourth-order valence-corrected chi connectivity index (χ4v) is 2.87. The van der Waals surface area contributed by atoms with E-state index in [4.69, 9.17) is 9.94 Å². The van der Waals surface area contributed by atoms with E-state index < -0.39 is 0 Å². The van der Waals surface area contributed by atoms with E-state index in [1.807, 2.05) is 42.6 Å². The number of nitrogens with zero attached hydrogens (tertiary/aromatic N) is 3. The molecule has 2 aromatic heterocycles. The van der Waals surface area contributed by atoms with Crippen molar-refractivity contribution in [3.05, 3.63) is 60.0 Å². The second-order valence-electron chi connectivity index (χ2n) is 5.89. The number of fused-ring (bicyclic) bond motifs is 1. The summed E-state index contributed by atoms with van der Waals surface area (Å²) < 4.78 is 5.20. The Labute approximate surface area is 152 Å². The number of benzene rings is 1. The van der Waals surface area contributed by atoms with Crippen LogP contribution in [-0.4, -0.2) is 35.0 Å². The maximum atomic E-state index is 8.72. The van der Waals surface area contributed by atoms with Gasteiger partial charge in [0.25, 0.3) is 0 Å². The van der Waals surface area contributed by atoms with Crippen molar-refractivity contribution in [2.24, 2.45) is 5.16 Å². The normalized spacial score (nSPS) is 11.1. The Morgan fingerprint density at radius 1 is 1.15 bits per heavy atom. The van der Waals surface area contributed by atoms with Gasteiger partial charge in [0.1, 0.15) is 11.4 Å². The van der Waals surface area contributed by atoms with Crippen molar-refractivity contribution >= 4 is 22.8 Å². The molecule has 0 fully saturated rings. The summed E-state index contributed by atoms with van der Waals surface area (Å²) in [5, 5.41) is 16.4. The second-order valence-corrected chi connectivity index (χ2v) is 5.89. The predicted molar refractivity (Wildman–Crippen MR) is 103 cm³/mol. The number of pyridine rings is 2. The first-order valence-electron chi connectivity index (χ1n) is 8.61. The SMILES string of the molecule is COc1ccc(CCCCNc2ccnc3ccccc23)nc1C=NO. The lowest BCUT2D eigenvalue weighted by Crippen LogP contribution is -2.04. The number of aryl methyl sites for hydroxylation is 1. The Kier molecular flexibility index (Phi) is 5.98. The van der Waals surface area contributed by atoms with Crippen molar-refractivity contribution in [1.29, 1.82) is 0 Å². The molecule has 134 valence electrons. The second kappa shape index (κ2) is 8.80. The zero-order valence-corrected chi connectivity index (χ0v) is 14.7. The highest BCUT2D eigenvalue weighted by molar-refractivity contribution is 5.90. The Morgan fingerprint density at radius 3 is 2.88 bits per heavy atom. The number of oxime groups is 1. The fraction of sp³-hybridized carbons (Fsp3) is 0.250. The summed E-state index contributed by atoms with van der Waals surface area (Å²) in [6.45, 7) is 0.884. The quantitative estimate of drug-likeness (QED) is 0.279. The zero-order valence-electron chi connectivity index (χ0n) is 14.7. The van der Waals surface area contributed by atoms with Gasteiger partial charge in [0.05, 0.1) is 18.8 Å². The summed E-state index contributed by atoms with van der Waals surface area (Å²) in [5.41, 5.74) is 3.60. The third kappa shape index (κ3) is 4.27. The number of unbranched alkanes of at least 4 members (excludes halogenated alkanes) is 1. The molecule has 3 rings (SSSR count). The minimum Gasteiger partial charge on any atom is -0.494 e. The maximum Gasteiger partial charge on any atom is 0.146 e. The van der Waals surface area contributed by atoms with Crippen LogP contribution in [0, 0.1) is 0 Å². The van der Waals surface area contributed by atoms with Gasteiger partial charge in [-0.05, 0) is 43.5 Å². The van der Waals surface area contributed by atoms with Crippen LogP contribution in [0.15, 0.2) is 53.8 Å². The number of para-hydroxylation sites is 1. The molecule has 2 N–H and O–H groups in total. The first-order chi connectivity index (χ1) is 12.8. The van der Waals surface area contributed by atoms with Crippen molar-refractivity contribution in [1.82, 2.24) is 9.97 Å². The van der Waals surface area contributed by atoms with Crippen molar-refractivity contribution in [3.63, 3.8) is 0 Å². The average Bonchev–Trinajstić information content (AvgIpc) is 2.68. The van der Waals surface area contributed by atoms with E-state index in [-0.39, 0.29) is 0 Å². The van der Waals surface area contributed by atoms with E-state index in [1.54, 1.807) is 7.11 Å². The molecule has 0 aliphatic rings. The molecule has 0 radical (unpaired) electrons. The predicted octanol–water partition coefficient (Wildman–Crippen LogP) is 3.88. The van der Waals surface area contributed by atoms with Crippen LogP contribution in [0.25, 0.3) is 10.9 Å². The van der Waals surface area contributed by atoms with E-state index in [0.29, 0.717) is 11.4 Å². The van der Waals surface area contributed by atoms with Crippen LogP contribution in [0.1, 0.15) is 24.2 Å². The first-order valence-corrected chi connectivity index (χ1v) is 8.61. The van der Waals surface area contributed by atoms with Gasteiger partial charge in [-0.1, -0.05) is 23.4 Å². The van der Waals surface area contributed by atoms with Crippen LogP contribution >= 0.6 is 0 Å². The smallest absolute Gasteiger partial charge is 0.146 e. The molecular formula is C20H22N4O2. The van der Waals surface area contributed by atoms with Crippen LogP contribution in [0.3, 0.4) is 0 Å². The Bertz CT molecular complexity index is 891. The Morgan fingerprint density at radius 2 is 2.04 bits per heavy atom. The van der Waals surface area contributed by atoms with Gasteiger partial charge in [-0.2, -0.15) is 0 Å². The summed E-state index contributed by atoms with van der Waals surface area (Å²) in [6.07, 6.45) is 6.00. The first kappa shape index (κ1) is 17.7. The molecule has 0 aliphatic carbocycles. The van der Waals surface area contributed by atoms with E-state index in [1.165, 1.54) is 6.21 Å². The summed E-state index contributed by atoms with van der Waals surface area (Å²) in [5.74, 6) is 0.595. The highest BCUT2D eigenvalue weighted by Gasteiger charge is 2.05. The molecule has 0 amide bonds. The van der Waals surface area contributed by atoms with Crippen LogP contribution in [0.5, 0.6) is 5.75 Å². The molecule has 0 unspecified atom stereocenters. The van der Waals surface area contributed by atoms with Crippen LogP contribution < -0.4 is 10.1 Å². The molecule has 2 heterocycles. The number of nitrogens with one attached hydrogen (secondary N) is 1. The third-order valence-electron chi connectivity index (χ3n) is 4.17. The molecule has 26 heavy (non-hydrogen) atoms. The largest absolute Gasteiger partial charge is 0.494 e. The lowest BCUT2D eigenvalue weighted by Gasteiger charge is -2.09. The maximum absolute atomic E-state index is 8.72. The van der Waals surface area contributed by atoms with Crippen molar-refractivity contribution < 1.29 is 9.94 Å². The number of methoxy groups -OCH3 is 1. The van der Waals surface area contributed by atoms with Gasteiger partial charge in [0.2, 0.25) is 0 Å². The average molecular weight is 350 g/mol. The topological polar surface area (TPSA) is 79.6 Å². The van der Waals surface area contributed by atoms with E-state index in [9.17, 15) is 0 Å². The number of aromatic nitrogens is 2. The molecule has 6 heteroatoms. The summed E-state index contributed by atoms with van der Waals surface area (Å²) in [4.78, 5) is 8.84. The van der Waals surface area contributed by atoms with Crippen LogP contribution in [0.4, 0.5) is 5.69 Å². The van der Waals surface area contributed by atoms with Gasteiger partial charge in [-0.15, -0.1) is 0 Å². The highest BCUT2D eigenvalue weighted by atomic mass is 16.5. The molecule has 0 bridgehead atoms. The number of hydrogen-bond donors (Lipinski definition) is 2. The number of ether oxygens (including phenoxy) is 1.